The number of hydrazone groups is 1. The summed E-state index contributed by atoms with van der Waals surface area (Å²) in [6.45, 7) is 5.61. The van der Waals surface area contributed by atoms with Crippen molar-refractivity contribution in [2.45, 2.75) is 25.7 Å². The van der Waals surface area contributed by atoms with Crippen molar-refractivity contribution in [3.63, 3.8) is 0 Å². The Balaban J connectivity index is 2.19. The van der Waals surface area contributed by atoms with Gasteiger partial charge in [0.25, 0.3) is 10.0 Å². The summed E-state index contributed by atoms with van der Waals surface area (Å²) in [6, 6.07) is 9.17. The molecule has 0 radical (unpaired) electrons. The van der Waals surface area contributed by atoms with Crippen molar-refractivity contribution < 1.29 is 8.42 Å². The lowest BCUT2D eigenvalue weighted by Gasteiger charge is -2.07. The maximum absolute atomic E-state index is 12.2. The van der Waals surface area contributed by atoms with Gasteiger partial charge in [0.1, 0.15) is 0 Å². The summed E-state index contributed by atoms with van der Waals surface area (Å²) < 4.78 is 24.4. The second-order valence-corrected chi connectivity index (χ2v) is 7.52. The molecule has 0 aliphatic rings. The zero-order valence-electron chi connectivity index (χ0n) is 11.5. The second-order valence-electron chi connectivity index (χ2n) is 4.57. The lowest BCUT2D eigenvalue weighted by atomic mass is 10.2. The zero-order chi connectivity index (χ0) is 14.8. The molecule has 1 aromatic carbocycles. The number of benzene rings is 1. The summed E-state index contributed by atoms with van der Waals surface area (Å²) in [6.07, 6.45) is 1.51. The van der Waals surface area contributed by atoms with E-state index >= 15 is 0 Å². The Bertz CT molecular complexity index is 746. The first kappa shape index (κ1) is 14.7. The summed E-state index contributed by atoms with van der Waals surface area (Å²) in [5.41, 5.74) is 1.60. The number of nitrogens with zero attached hydrogens (tertiary/aromatic N) is 1. The molecular weight excluding hydrogens is 292 g/mol. The van der Waals surface area contributed by atoms with Crippen LogP contribution in [0.25, 0.3) is 0 Å². The minimum absolute atomic E-state index is 0.261. The Kier molecular flexibility index (Phi) is 4.25. The third-order valence-electron chi connectivity index (χ3n) is 2.76. The number of hydrogen-bond acceptors (Lipinski definition) is 4. The minimum Gasteiger partial charge on any atom is -0.200 e. The van der Waals surface area contributed by atoms with Gasteiger partial charge in [-0.15, -0.1) is 11.3 Å². The number of aryl methyl sites for hydroxylation is 3. The summed E-state index contributed by atoms with van der Waals surface area (Å²) >= 11 is 1.56. The normalized spacial score (nSPS) is 11.9. The Hall–Kier alpha value is -1.66. The third kappa shape index (κ3) is 3.46. The van der Waals surface area contributed by atoms with Crippen LogP contribution in [0.2, 0.25) is 0 Å². The number of sulfonamides is 1. The highest BCUT2D eigenvalue weighted by Gasteiger charge is 2.15. The van der Waals surface area contributed by atoms with Gasteiger partial charge in [-0.05, 0) is 50.1 Å². The maximum atomic E-state index is 12.2. The molecule has 0 bridgehead atoms. The molecule has 4 nitrogen and oxygen atoms in total. The van der Waals surface area contributed by atoms with Gasteiger partial charge in [0, 0.05) is 9.75 Å². The van der Waals surface area contributed by atoms with E-state index < -0.39 is 10.0 Å². The van der Waals surface area contributed by atoms with Crippen LogP contribution in [-0.4, -0.2) is 14.6 Å². The molecule has 0 spiro atoms. The SMILES string of the molecule is Cc1ccc(C)c(S(=O)(=O)NN=Cc2ccc(C)s2)c1. The van der Waals surface area contributed by atoms with Crippen molar-refractivity contribution in [3.05, 3.63) is 51.2 Å². The van der Waals surface area contributed by atoms with Gasteiger partial charge in [0.15, 0.2) is 0 Å². The monoisotopic (exact) mass is 308 g/mol. The van der Waals surface area contributed by atoms with Crippen LogP contribution in [0.15, 0.2) is 40.3 Å². The molecule has 0 amide bonds. The number of hydrogen-bond donors (Lipinski definition) is 1. The van der Waals surface area contributed by atoms with Crippen LogP contribution in [0.3, 0.4) is 0 Å². The lowest BCUT2D eigenvalue weighted by molar-refractivity contribution is 0.584. The largest absolute Gasteiger partial charge is 0.276 e. The molecule has 6 heteroatoms. The standard InChI is InChI=1S/C14H16N2O2S2/c1-10-4-5-11(2)14(8-10)20(17,18)16-15-9-13-7-6-12(3)19-13/h4-9,16H,1-3H3. The van der Waals surface area contributed by atoms with Gasteiger partial charge in [-0.25, -0.2) is 4.83 Å². The Morgan fingerprint density at radius 1 is 1.15 bits per heavy atom. The van der Waals surface area contributed by atoms with Crippen molar-refractivity contribution in [1.29, 1.82) is 0 Å². The summed E-state index contributed by atoms with van der Waals surface area (Å²) in [4.78, 5) is 4.58. The molecule has 0 atom stereocenters. The summed E-state index contributed by atoms with van der Waals surface area (Å²) in [5, 5.41) is 3.82. The van der Waals surface area contributed by atoms with E-state index in [1.165, 1.54) is 6.21 Å². The summed E-state index contributed by atoms with van der Waals surface area (Å²) in [5.74, 6) is 0. The predicted octanol–water partition coefficient (Wildman–Crippen LogP) is 2.99. The van der Waals surface area contributed by atoms with Gasteiger partial charge in [-0.2, -0.15) is 13.5 Å². The highest BCUT2D eigenvalue weighted by Crippen LogP contribution is 2.16. The van der Waals surface area contributed by atoms with E-state index in [4.69, 9.17) is 0 Å². The molecule has 1 aromatic heterocycles. The topological polar surface area (TPSA) is 58.5 Å². The van der Waals surface area contributed by atoms with E-state index in [2.05, 4.69) is 9.93 Å². The predicted molar refractivity (Wildman–Crippen MR) is 82.9 cm³/mol. The fourth-order valence-corrected chi connectivity index (χ4v) is 3.60. The fraction of sp³-hybridized carbons (Fsp3) is 0.214. The lowest BCUT2D eigenvalue weighted by Crippen LogP contribution is -2.19. The first-order valence-corrected chi connectivity index (χ1v) is 8.37. The van der Waals surface area contributed by atoms with Gasteiger partial charge < -0.3 is 0 Å². The van der Waals surface area contributed by atoms with Crippen LogP contribution in [-0.2, 0) is 10.0 Å². The van der Waals surface area contributed by atoms with Crippen LogP contribution in [0.1, 0.15) is 20.9 Å². The van der Waals surface area contributed by atoms with Gasteiger partial charge in [-0.3, -0.25) is 0 Å². The molecule has 1 heterocycles. The van der Waals surface area contributed by atoms with E-state index in [9.17, 15) is 8.42 Å². The van der Waals surface area contributed by atoms with E-state index in [0.717, 1.165) is 15.3 Å². The molecule has 0 aliphatic heterocycles. The molecule has 0 saturated carbocycles. The molecule has 1 N–H and O–H groups in total. The van der Waals surface area contributed by atoms with Crippen molar-refractivity contribution in [2.24, 2.45) is 5.10 Å². The molecule has 0 aliphatic carbocycles. The average Bonchev–Trinajstić information content (AvgIpc) is 2.78. The number of nitrogens with one attached hydrogen (secondary N) is 1. The molecule has 2 rings (SSSR count). The van der Waals surface area contributed by atoms with Gasteiger partial charge in [-0.1, -0.05) is 12.1 Å². The van der Waals surface area contributed by atoms with Crippen molar-refractivity contribution in [3.8, 4) is 0 Å². The van der Waals surface area contributed by atoms with E-state index in [1.54, 1.807) is 30.4 Å². The number of rotatable bonds is 4. The van der Waals surface area contributed by atoms with Crippen LogP contribution in [0.5, 0.6) is 0 Å². The first-order chi connectivity index (χ1) is 9.38. The van der Waals surface area contributed by atoms with Gasteiger partial charge in [0.05, 0.1) is 11.1 Å². The highest BCUT2D eigenvalue weighted by atomic mass is 32.2. The molecule has 106 valence electrons. The van der Waals surface area contributed by atoms with Crippen molar-refractivity contribution in [2.75, 3.05) is 0 Å². The minimum atomic E-state index is -3.62. The van der Waals surface area contributed by atoms with Crippen LogP contribution in [0.4, 0.5) is 0 Å². The second kappa shape index (κ2) is 5.76. The van der Waals surface area contributed by atoms with E-state index in [1.807, 2.05) is 32.0 Å². The van der Waals surface area contributed by atoms with Gasteiger partial charge >= 0.3 is 0 Å². The maximum Gasteiger partial charge on any atom is 0.276 e. The van der Waals surface area contributed by atoms with Gasteiger partial charge in [0.2, 0.25) is 0 Å². The fourth-order valence-electron chi connectivity index (χ4n) is 1.73. The Labute approximate surface area is 123 Å². The first-order valence-electron chi connectivity index (χ1n) is 6.07. The van der Waals surface area contributed by atoms with Crippen LogP contribution < -0.4 is 4.83 Å². The van der Waals surface area contributed by atoms with Crippen LogP contribution >= 0.6 is 11.3 Å². The molecule has 0 saturated heterocycles. The Morgan fingerprint density at radius 3 is 2.55 bits per heavy atom. The Morgan fingerprint density at radius 2 is 1.90 bits per heavy atom. The highest BCUT2D eigenvalue weighted by molar-refractivity contribution is 7.89. The van der Waals surface area contributed by atoms with Crippen molar-refractivity contribution >= 4 is 27.6 Å². The molecular formula is C14H16N2O2S2. The van der Waals surface area contributed by atoms with Crippen molar-refractivity contribution in [1.82, 2.24) is 4.83 Å². The molecule has 2 aromatic rings. The molecule has 0 fully saturated rings. The smallest absolute Gasteiger partial charge is 0.200 e. The summed E-state index contributed by atoms with van der Waals surface area (Å²) in [7, 11) is -3.62. The molecule has 0 unspecified atom stereocenters. The quantitative estimate of drug-likeness (QED) is 0.697. The van der Waals surface area contributed by atoms with E-state index in [-0.39, 0.29) is 4.90 Å². The van der Waals surface area contributed by atoms with Crippen LogP contribution in [0, 0.1) is 20.8 Å². The number of thiophene rings is 1. The average molecular weight is 308 g/mol. The van der Waals surface area contributed by atoms with E-state index in [0.29, 0.717) is 5.56 Å². The third-order valence-corrected chi connectivity index (χ3v) is 5.06. The zero-order valence-corrected chi connectivity index (χ0v) is 13.2. The molecule has 20 heavy (non-hydrogen) atoms.